The van der Waals surface area contributed by atoms with Crippen molar-refractivity contribution in [1.29, 1.82) is 0 Å². The highest BCUT2D eigenvalue weighted by atomic mass is 79.9. The highest BCUT2D eigenvalue weighted by Crippen LogP contribution is 2.44. The molecule has 0 bridgehead atoms. The summed E-state index contributed by atoms with van der Waals surface area (Å²) in [6.45, 7) is -0.172. The van der Waals surface area contributed by atoms with Gasteiger partial charge in [-0.15, -0.1) is 0 Å². The molecular formula is C25H17BrF5NO3. The van der Waals surface area contributed by atoms with Gasteiger partial charge in [-0.3, -0.25) is 4.98 Å². The van der Waals surface area contributed by atoms with Gasteiger partial charge < -0.3 is 9.84 Å². The first-order chi connectivity index (χ1) is 16.5. The fourth-order valence-corrected chi connectivity index (χ4v) is 4.40. The van der Waals surface area contributed by atoms with Crippen LogP contribution < -0.4 is 4.74 Å². The summed E-state index contributed by atoms with van der Waals surface area (Å²) in [6.07, 6.45) is -2.12. The third-order valence-electron chi connectivity index (χ3n) is 5.62. The number of pyridine rings is 1. The smallest absolute Gasteiger partial charge is 0.434 e. The second-order valence-electron chi connectivity index (χ2n) is 7.90. The minimum atomic E-state index is -4.90. The van der Waals surface area contributed by atoms with Gasteiger partial charge in [0.15, 0.2) is 5.69 Å². The van der Waals surface area contributed by atoms with E-state index in [1.54, 1.807) is 18.2 Å². The number of carboxylic acid groups (broad SMARTS) is 1. The molecule has 1 heterocycles. The van der Waals surface area contributed by atoms with Crippen molar-refractivity contribution in [1.82, 2.24) is 4.98 Å². The first-order valence-corrected chi connectivity index (χ1v) is 11.2. The molecular weight excluding hydrogens is 537 g/mol. The summed E-state index contributed by atoms with van der Waals surface area (Å²) in [7, 11) is 0. The Balaban J connectivity index is 1.75. The average molecular weight is 554 g/mol. The number of benzene rings is 2. The third-order valence-corrected chi connectivity index (χ3v) is 6.11. The highest BCUT2D eigenvalue weighted by molar-refractivity contribution is 9.10. The number of hydrogen-bond acceptors (Lipinski definition) is 3. The van der Waals surface area contributed by atoms with Crippen LogP contribution in [0.15, 0.2) is 53.1 Å². The molecule has 0 amide bonds. The minimum absolute atomic E-state index is 0.152. The molecule has 0 atom stereocenters. The van der Waals surface area contributed by atoms with Crippen molar-refractivity contribution in [2.75, 3.05) is 0 Å². The van der Waals surface area contributed by atoms with E-state index in [9.17, 15) is 31.9 Å². The summed E-state index contributed by atoms with van der Waals surface area (Å²) in [5.41, 5.74) is 0.0971. The number of rotatable bonds is 6. The first-order valence-electron chi connectivity index (χ1n) is 10.4. The summed E-state index contributed by atoms with van der Waals surface area (Å²) in [6, 6.07) is 9.31. The van der Waals surface area contributed by atoms with Gasteiger partial charge >= 0.3 is 12.1 Å². The fourth-order valence-electron chi connectivity index (χ4n) is 4.04. The van der Waals surface area contributed by atoms with Crippen LogP contribution in [0, 0.1) is 11.6 Å². The lowest BCUT2D eigenvalue weighted by Gasteiger charge is -2.16. The van der Waals surface area contributed by atoms with Crippen LogP contribution >= 0.6 is 15.9 Å². The van der Waals surface area contributed by atoms with Crippen LogP contribution in [0.4, 0.5) is 22.0 Å². The number of ether oxygens (including phenoxy) is 1. The Morgan fingerprint density at radius 1 is 1.06 bits per heavy atom. The molecule has 0 saturated carbocycles. The number of aromatic carboxylic acids is 1. The molecule has 0 radical (unpaired) electrons. The zero-order valence-electron chi connectivity index (χ0n) is 17.9. The van der Waals surface area contributed by atoms with E-state index in [-0.39, 0.29) is 17.7 Å². The monoisotopic (exact) mass is 553 g/mol. The predicted molar refractivity (Wildman–Crippen MR) is 122 cm³/mol. The molecule has 0 aliphatic heterocycles. The predicted octanol–water partition coefficient (Wildman–Crippen LogP) is 7.51. The molecule has 1 aliphatic rings. The quantitative estimate of drug-likeness (QED) is 0.321. The van der Waals surface area contributed by atoms with Gasteiger partial charge in [-0.05, 0) is 72.4 Å². The van der Waals surface area contributed by atoms with Crippen molar-refractivity contribution < 1.29 is 36.6 Å². The van der Waals surface area contributed by atoms with Crippen LogP contribution in [0.3, 0.4) is 0 Å². The molecule has 10 heteroatoms. The maximum Gasteiger partial charge on any atom is 0.434 e. The fraction of sp³-hybridized carbons (Fsp3) is 0.200. The van der Waals surface area contributed by atoms with Gasteiger partial charge in [-0.25, -0.2) is 13.6 Å². The number of nitrogens with zero attached hydrogens (tertiary/aromatic N) is 1. The second-order valence-corrected chi connectivity index (χ2v) is 8.81. The molecule has 3 aromatic rings. The topological polar surface area (TPSA) is 59.4 Å². The largest absolute Gasteiger partial charge is 0.488 e. The van der Waals surface area contributed by atoms with Crippen LogP contribution in [0.1, 0.15) is 52.0 Å². The van der Waals surface area contributed by atoms with Crippen molar-refractivity contribution in [3.8, 4) is 5.75 Å². The Morgan fingerprint density at radius 2 is 1.80 bits per heavy atom. The van der Waals surface area contributed by atoms with Crippen LogP contribution in [0.2, 0.25) is 0 Å². The first kappa shape index (κ1) is 24.8. The van der Waals surface area contributed by atoms with E-state index in [0.29, 0.717) is 40.6 Å². The zero-order valence-corrected chi connectivity index (χ0v) is 19.5. The van der Waals surface area contributed by atoms with Gasteiger partial charge in [-0.2, -0.15) is 13.2 Å². The third kappa shape index (κ3) is 5.37. The van der Waals surface area contributed by atoms with Crippen LogP contribution in [-0.4, -0.2) is 16.1 Å². The molecule has 1 aliphatic carbocycles. The van der Waals surface area contributed by atoms with Crippen LogP contribution in [-0.2, 0) is 12.8 Å². The van der Waals surface area contributed by atoms with E-state index in [1.165, 1.54) is 6.07 Å². The molecule has 4 rings (SSSR count). The van der Waals surface area contributed by atoms with Crippen molar-refractivity contribution in [2.24, 2.45) is 0 Å². The number of allylic oxidation sites excluding steroid dienone is 2. The number of aromatic nitrogens is 1. The van der Waals surface area contributed by atoms with Crippen molar-refractivity contribution in [3.63, 3.8) is 0 Å². The van der Waals surface area contributed by atoms with Gasteiger partial charge in [0.1, 0.15) is 24.0 Å². The Hall–Kier alpha value is -3.27. The normalized spacial score (nSPS) is 13.9. The Labute approximate surface area is 205 Å². The Kier molecular flexibility index (Phi) is 6.93. The van der Waals surface area contributed by atoms with E-state index in [0.717, 1.165) is 30.0 Å². The van der Waals surface area contributed by atoms with Crippen LogP contribution in [0.5, 0.6) is 5.75 Å². The van der Waals surface area contributed by atoms with Gasteiger partial charge in [0.25, 0.3) is 0 Å². The van der Waals surface area contributed by atoms with E-state index in [1.807, 2.05) is 0 Å². The molecule has 0 saturated heterocycles. The number of hydrogen-bond donors (Lipinski definition) is 1. The highest BCUT2D eigenvalue weighted by Gasteiger charge is 2.38. The van der Waals surface area contributed by atoms with Gasteiger partial charge in [-0.1, -0.05) is 15.9 Å². The SMILES string of the molecule is O=C(O)c1cc(C2=C(c3cc(Br)ccc3OCc3ccc(F)cc3F)CCC2)cnc1C(F)(F)F. The second kappa shape index (κ2) is 9.77. The molecule has 4 nitrogen and oxygen atoms in total. The Morgan fingerprint density at radius 3 is 2.49 bits per heavy atom. The lowest BCUT2D eigenvalue weighted by molar-refractivity contribution is -0.141. The molecule has 0 unspecified atom stereocenters. The van der Waals surface area contributed by atoms with Crippen molar-refractivity contribution in [2.45, 2.75) is 32.0 Å². The molecule has 35 heavy (non-hydrogen) atoms. The number of carboxylic acids is 1. The standard InChI is InChI=1S/C25H17BrF5NO3/c26-15-5-7-22(35-12-13-4-6-16(27)10-21(13)28)19(9-15)18-3-1-2-17(18)14-8-20(24(33)34)23(32-11-14)25(29,30)31/h4-11H,1-3,12H2,(H,33,34). The van der Waals surface area contributed by atoms with Gasteiger partial charge in [0, 0.05) is 27.9 Å². The van der Waals surface area contributed by atoms with Gasteiger partial charge in [0.05, 0.1) is 5.56 Å². The summed E-state index contributed by atoms with van der Waals surface area (Å²) in [5, 5.41) is 9.34. The summed E-state index contributed by atoms with van der Waals surface area (Å²) < 4.78 is 73.5. The van der Waals surface area contributed by atoms with Crippen LogP contribution in [0.25, 0.3) is 11.1 Å². The Bertz CT molecular complexity index is 1340. The van der Waals surface area contributed by atoms with E-state index < -0.39 is 35.0 Å². The number of carbonyl (C=O) groups is 1. The van der Waals surface area contributed by atoms with Gasteiger partial charge in [0.2, 0.25) is 0 Å². The summed E-state index contributed by atoms with van der Waals surface area (Å²) >= 11 is 3.40. The van der Waals surface area contributed by atoms with Crippen molar-refractivity contribution >= 4 is 33.0 Å². The number of alkyl halides is 3. The minimum Gasteiger partial charge on any atom is -0.488 e. The lowest BCUT2D eigenvalue weighted by atomic mass is 9.96. The molecule has 0 spiro atoms. The van der Waals surface area contributed by atoms with E-state index in [2.05, 4.69) is 20.9 Å². The molecule has 0 fully saturated rings. The maximum absolute atomic E-state index is 14.0. The average Bonchev–Trinajstić information content (AvgIpc) is 3.28. The zero-order chi connectivity index (χ0) is 25.3. The van der Waals surface area contributed by atoms with E-state index >= 15 is 0 Å². The molecule has 2 aromatic carbocycles. The summed E-state index contributed by atoms with van der Waals surface area (Å²) in [5.74, 6) is -2.78. The molecule has 182 valence electrons. The maximum atomic E-state index is 14.0. The van der Waals surface area contributed by atoms with Crippen molar-refractivity contribution in [3.05, 3.63) is 92.7 Å². The van der Waals surface area contributed by atoms with E-state index in [4.69, 9.17) is 4.74 Å². The molecule has 1 N–H and O–H groups in total. The number of halogens is 6. The molecule has 1 aromatic heterocycles. The lowest BCUT2D eigenvalue weighted by Crippen LogP contribution is -2.15. The summed E-state index contributed by atoms with van der Waals surface area (Å²) in [4.78, 5) is 14.9.